The second kappa shape index (κ2) is 8.02. The van der Waals surface area contributed by atoms with E-state index in [0.717, 1.165) is 54.1 Å². The molecule has 0 saturated carbocycles. The Morgan fingerprint density at radius 1 is 1.08 bits per heavy atom. The van der Waals surface area contributed by atoms with Crippen LogP contribution in [0, 0.1) is 0 Å². The lowest BCUT2D eigenvalue weighted by atomic mass is 10.0. The first-order valence-electron chi connectivity index (χ1n) is 8.49. The summed E-state index contributed by atoms with van der Waals surface area (Å²) in [5.41, 5.74) is 3.34. The molecule has 1 aliphatic heterocycles. The van der Waals surface area contributed by atoms with Crippen LogP contribution < -0.4 is 9.47 Å². The van der Waals surface area contributed by atoms with E-state index < -0.39 is 0 Å². The summed E-state index contributed by atoms with van der Waals surface area (Å²) in [5, 5.41) is 0. The van der Waals surface area contributed by atoms with E-state index in [2.05, 4.69) is 30.3 Å². The topological polar surface area (TPSA) is 27.7 Å². The second-order valence-electron chi connectivity index (χ2n) is 5.90. The number of rotatable bonds is 5. The van der Waals surface area contributed by atoms with Crippen molar-refractivity contribution in [2.45, 2.75) is 32.5 Å². The zero-order chi connectivity index (χ0) is 16.8. The van der Waals surface area contributed by atoms with Crippen molar-refractivity contribution in [2.24, 2.45) is 0 Å². The van der Waals surface area contributed by atoms with Crippen molar-refractivity contribution < 1.29 is 14.2 Å². The highest BCUT2D eigenvalue weighted by Crippen LogP contribution is 2.32. The summed E-state index contributed by atoms with van der Waals surface area (Å²) in [4.78, 5) is 0. The number of methoxy groups -OCH3 is 1. The van der Waals surface area contributed by atoms with Gasteiger partial charge in [0.1, 0.15) is 11.5 Å². The summed E-state index contributed by atoms with van der Waals surface area (Å²) >= 11 is 0. The molecule has 0 aromatic heterocycles. The Kier molecular flexibility index (Phi) is 5.55. The van der Waals surface area contributed by atoms with E-state index in [1.165, 1.54) is 0 Å². The molecule has 1 aliphatic rings. The Hall–Kier alpha value is -2.26. The van der Waals surface area contributed by atoms with Gasteiger partial charge < -0.3 is 14.2 Å². The summed E-state index contributed by atoms with van der Waals surface area (Å²) in [6.45, 7) is 2.81. The summed E-state index contributed by atoms with van der Waals surface area (Å²) in [5.74, 6) is 1.71. The highest BCUT2D eigenvalue weighted by Gasteiger charge is 2.15. The minimum atomic E-state index is -0.114. The molecule has 126 valence electrons. The first-order chi connectivity index (χ1) is 11.8. The van der Waals surface area contributed by atoms with Crippen LogP contribution in [0.15, 0.2) is 48.5 Å². The predicted molar refractivity (Wildman–Crippen MR) is 97.4 cm³/mol. The van der Waals surface area contributed by atoms with Gasteiger partial charge in [-0.15, -0.1) is 0 Å². The van der Waals surface area contributed by atoms with E-state index in [1.807, 2.05) is 31.2 Å². The van der Waals surface area contributed by atoms with Gasteiger partial charge in [-0.3, -0.25) is 0 Å². The quantitative estimate of drug-likeness (QED) is 0.747. The van der Waals surface area contributed by atoms with Gasteiger partial charge in [0.2, 0.25) is 0 Å². The monoisotopic (exact) mass is 324 g/mol. The van der Waals surface area contributed by atoms with Gasteiger partial charge in [0.25, 0.3) is 0 Å². The Balaban J connectivity index is 1.80. The molecule has 0 spiro atoms. The van der Waals surface area contributed by atoms with Crippen LogP contribution in [0.25, 0.3) is 17.2 Å². The molecule has 1 heterocycles. The highest BCUT2D eigenvalue weighted by atomic mass is 16.7. The largest absolute Gasteiger partial charge is 0.496 e. The average Bonchev–Trinajstić information content (AvgIpc) is 2.63. The number of benzene rings is 2. The third-order valence-corrected chi connectivity index (χ3v) is 4.15. The molecule has 0 amide bonds. The standard InChI is InChI=1S/C21H24O3/c1-3-6-16-8-13-20(22-2)19(15-16)17-9-11-18(12-10-17)24-21-7-4-5-14-23-21/h3,6,8-13,15,21H,4-5,7,14H2,1-2H3. The predicted octanol–water partition coefficient (Wildman–Crippen LogP) is 5.30. The third-order valence-electron chi connectivity index (χ3n) is 4.15. The summed E-state index contributed by atoms with van der Waals surface area (Å²) in [7, 11) is 1.70. The SMILES string of the molecule is CC=Cc1ccc(OC)c(-c2ccc(OC3CCCCO3)cc2)c1. The fourth-order valence-corrected chi connectivity index (χ4v) is 2.92. The van der Waals surface area contributed by atoms with E-state index in [4.69, 9.17) is 14.2 Å². The minimum Gasteiger partial charge on any atom is -0.496 e. The zero-order valence-corrected chi connectivity index (χ0v) is 14.3. The van der Waals surface area contributed by atoms with Crippen molar-refractivity contribution >= 4 is 6.08 Å². The molecule has 3 nitrogen and oxygen atoms in total. The molecule has 1 fully saturated rings. The number of ether oxygens (including phenoxy) is 3. The van der Waals surface area contributed by atoms with Crippen LogP contribution in [-0.4, -0.2) is 20.0 Å². The molecule has 1 unspecified atom stereocenters. The van der Waals surface area contributed by atoms with Crippen molar-refractivity contribution in [3.8, 4) is 22.6 Å². The van der Waals surface area contributed by atoms with Gasteiger partial charge in [-0.2, -0.15) is 0 Å². The lowest BCUT2D eigenvalue weighted by Crippen LogP contribution is -2.24. The Bertz CT molecular complexity index is 683. The smallest absolute Gasteiger partial charge is 0.199 e. The maximum atomic E-state index is 5.90. The first-order valence-corrected chi connectivity index (χ1v) is 8.49. The first kappa shape index (κ1) is 16.6. The molecule has 0 radical (unpaired) electrons. The molecule has 0 aliphatic carbocycles. The van der Waals surface area contributed by atoms with E-state index in [0.29, 0.717) is 0 Å². The lowest BCUT2D eigenvalue weighted by molar-refractivity contribution is -0.105. The van der Waals surface area contributed by atoms with Gasteiger partial charge in [-0.25, -0.2) is 0 Å². The van der Waals surface area contributed by atoms with Crippen molar-refractivity contribution in [3.63, 3.8) is 0 Å². The second-order valence-corrected chi connectivity index (χ2v) is 5.90. The molecule has 24 heavy (non-hydrogen) atoms. The maximum absolute atomic E-state index is 5.90. The van der Waals surface area contributed by atoms with E-state index in [9.17, 15) is 0 Å². The highest BCUT2D eigenvalue weighted by molar-refractivity contribution is 5.74. The summed E-state index contributed by atoms with van der Waals surface area (Å²) in [6, 6.07) is 14.3. The fraction of sp³-hybridized carbons (Fsp3) is 0.333. The van der Waals surface area contributed by atoms with Gasteiger partial charge in [0.05, 0.1) is 13.7 Å². The summed E-state index contributed by atoms with van der Waals surface area (Å²) in [6.07, 6.45) is 7.25. The van der Waals surface area contributed by atoms with E-state index >= 15 is 0 Å². The lowest BCUT2D eigenvalue weighted by Gasteiger charge is -2.23. The Morgan fingerprint density at radius 3 is 2.58 bits per heavy atom. The van der Waals surface area contributed by atoms with Crippen LogP contribution in [0.1, 0.15) is 31.7 Å². The van der Waals surface area contributed by atoms with Crippen LogP contribution in [0.4, 0.5) is 0 Å². The fourth-order valence-electron chi connectivity index (χ4n) is 2.92. The number of hydrogen-bond acceptors (Lipinski definition) is 3. The van der Waals surface area contributed by atoms with Crippen molar-refractivity contribution in [1.29, 1.82) is 0 Å². The number of hydrogen-bond donors (Lipinski definition) is 0. The van der Waals surface area contributed by atoms with E-state index in [1.54, 1.807) is 7.11 Å². The third kappa shape index (κ3) is 3.98. The maximum Gasteiger partial charge on any atom is 0.199 e. The molecule has 1 atom stereocenters. The van der Waals surface area contributed by atoms with Crippen molar-refractivity contribution in [1.82, 2.24) is 0 Å². The molecule has 3 heteroatoms. The van der Waals surface area contributed by atoms with Crippen LogP contribution in [0.3, 0.4) is 0 Å². The Labute approximate surface area is 143 Å². The van der Waals surface area contributed by atoms with Crippen molar-refractivity contribution in [3.05, 3.63) is 54.1 Å². The molecular formula is C21H24O3. The molecule has 0 N–H and O–H groups in total. The van der Waals surface area contributed by atoms with Gasteiger partial charge in [-0.05, 0) is 55.2 Å². The molecule has 2 aromatic rings. The van der Waals surface area contributed by atoms with Gasteiger partial charge in [0.15, 0.2) is 6.29 Å². The van der Waals surface area contributed by atoms with Crippen molar-refractivity contribution in [2.75, 3.05) is 13.7 Å². The van der Waals surface area contributed by atoms with Gasteiger partial charge in [0, 0.05) is 12.0 Å². The zero-order valence-electron chi connectivity index (χ0n) is 14.3. The minimum absolute atomic E-state index is 0.114. The molecule has 2 aromatic carbocycles. The molecule has 1 saturated heterocycles. The number of allylic oxidation sites excluding steroid dienone is 1. The summed E-state index contributed by atoms with van der Waals surface area (Å²) < 4.78 is 17.0. The molecule has 3 rings (SSSR count). The molecule has 0 bridgehead atoms. The van der Waals surface area contributed by atoms with Gasteiger partial charge >= 0.3 is 0 Å². The normalized spacial score (nSPS) is 17.8. The average molecular weight is 324 g/mol. The molecular weight excluding hydrogens is 300 g/mol. The van der Waals surface area contributed by atoms with Crippen LogP contribution >= 0.6 is 0 Å². The Morgan fingerprint density at radius 2 is 1.92 bits per heavy atom. The van der Waals surface area contributed by atoms with E-state index in [-0.39, 0.29) is 6.29 Å². The van der Waals surface area contributed by atoms with Gasteiger partial charge in [-0.1, -0.05) is 30.4 Å². The van der Waals surface area contributed by atoms with Crippen LogP contribution in [0.2, 0.25) is 0 Å². The van der Waals surface area contributed by atoms with Crippen LogP contribution in [0.5, 0.6) is 11.5 Å². The van der Waals surface area contributed by atoms with Crippen LogP contribution in [-0.2, 0) is 4.74 Å².